The largest absolute Gasteiger partial charge is 0.484 e. The van der Waals surface area contributed by atoms with E-state index in [4.69, 9.17) is 4.74 Å². The number of amides is 1. The molecule has 0 saturated heterocycles. The van der Waals surface area contributed by atoms with Gasteiger partial charge in [-0.15, -0.1) is 0 Å². The van der Waals surface area contributed by atoms with E-state index in [1.165, 1.54) is 77.0 Å². The van der Waals surface area contributed by atoms with Crippen molar-refractivity contribution < 1.29 is 9.53 Å². The predicted molar refractivity (Wildman–Crippen MR) is 110 cm³/mol. The van der Waals surface area contributed by atoms with E-state index in [9.17, 15) is 4.79 Å². The van der Waals surface area contributed by atoms with Crippen molar-refractivity contribution in [3.8, 4) is 5.75 Å². The average molecular weight is 361 g/mol. The molecule has 0 atom stereocenters. The molecule has 147 valence electrons. The van der Waals surface area contributed by atoms with E-state index in [1.807, 2.05) is 30.3 Å². The fourth-order valence-corrected chi connectivity index (χ4v) is 3.04. The van der Waals surface area contributed by atoms with Crippen LogP contribution in [0.15, 0.2) is 30.3 Å². The van der Waals surface area contributed by atoms with Crippen molar-refractivity contribution in [3.05, 3.63) is 30.3 Å². The Morgan fingerprint density at radius 1 is 0.769 bits per heavy atom. The molecule has 0 bridgehead atoms. The summed E-state index contributed by atoms with van der Waals surface area (Å²) in [7, 11) is 0. The van der Waals surface area contributed by atoms with Crippen molar-refractivity contribution in [2.45, 2.75) is 90.4 Å². The van der Waals surface area contributed by atoms with Crippen LogP contribution in [0.4, 0.5) is 0 Å². The standard InChI is InChI=1S/C23H38NO2/c1-2-3-4-5-6-7-8-9-10-11-12-13-17-20-24-23(25)21-26-22-18-15-14-16-19-22/h14-16,18-19H,2-13,17,20-21H2,1H3. The molecule has 0 spiro atoms. The maximum atomic E-state index is 11.6. The molecule has 26 heavy (non-hydrogen) atoms. The van der Waals surface area contributed by atoms with Gasteiger partial charge in [-0.2, -0.15) is 0 Å². The van der Waals surface area contributed by atoms with Crippen LogP contribution in [-0.4, -0.2) is 19.1 Å². The molecular formula is C23H38NO2. The lowest BCUT2D eigenvalue weighted by Crippen LogP contribution is -2.23. The number of carbonyl (C=O) groups is 1. The lowest BCUT2D eigenvalue weighted by atomic mass is 10.0. The maximum Gasteiger partial charge on any atom is 0.279 e. The molecule has 0 aromatic heterocycles. The molecule has 3 heteroatoms. The number of rotatable bonds is 17. The zero-order chi connectivity index (χ0) is 18.7. The third kappa shape index (κ3) is 13.7. The third-order valence-electron chi connectivity index (χ3n) is 4.66. The first-order valence-electron chi connectivity index (χ1n) is 10.7. The molecule has 0 aliphatic rings. The van der Waals surface area contributed by atoms with Gasteiger partial charge < -0.3 is 4.74 Å². The van der Waals surface area contributed by atoms with Crippen LogP contribution >= 0.6 is 0 Å². The summed E-state index contributed by atoms with van der Waals surface area (Å²) in [5.74, 6) is 0.560. The molecule has 0 heterocycles. The van der Waals surface area contributed by atoms with Gasteiger partial charge in [0.05, 0.1) is 0 Å². The van der Waals surface area contributed by atoms with Gasteiger partial charge in [-0.25, -0.2) is 5.32 Å². The van der Waals surface area contributed by atoms with E-state index in [0.29, 0.717) is 6.54 Å². The van der Waals surface area contributed by atoms with Gasteiger partial charge >= 0.3 is 0 Å². The molecule has 1 aromatic rings. The highest BCUT2D eigenvalue weighted by molar-refractivity contribution is 5.77. The first-order chi connectivity index (χ1) is 12.8. The van der Waals surface area contributed by atoms with Gasteiger partial charge in [0.15, 0.2) is 6.61 Å². The van der Waals surface area contributed by atoms with Crippen molar-refractivity contribution in [2.75, 3.05) is 13.2 Å². The Balaban J connectivity index is 1.78. The number of ether oxygens (including phenoxy) is 1. The molecule has 1 aromatic carbocycles. The highest BCUT2D eigenvalue weighted by Crippen LogP contribution is 2.12. The van der Waals surface area contributed by atoms with E-state index >= 15 is 0 Å². The van der Waals surface area contributed by atoms with Crippen LogP contribution in [0.5, 0.6) is 5.75 Å². The quantitative estimate of drug-likeness (QED) is 0.306. The van der Waals surface area contributed by atoms with E-state index in [1.54, 1.807) is 0 Å². The van der Waals surface area contributed by atoms with Gasteiger partial charge in [-0.1, -0.05) is 102 Å². The van der Waals surface area contributed by atoms with Crippen molar-refractivity contribution in [1.29, 1.82) is 0 Å². The molecule has 0 aliphatic heterocycles. The van der Waals surface area contributed by atoms with Crippen LogP contribution in [0.2, 0.25) is 0 Å². The molecule has 0 saturated carbocycles. The second-order valence-corrected chi connectivity index (χ2v) is 7.12. The van der Waals surface area contributed by atoms with Crippen LogP contribution in [-0.2, 0) is 4.79 Å². The Hall–Kier alpha value is -1.51. The Kier molecular flexibility index (Phi) is 14.7. The summed E-state index contributed by atoms with van der Waals surface area (Å²) in [6.45, 7) is 2.95. The first-order valence-corrected chi connectivity index (χ1v) is 10.7. The van der Waals surface area contributed by atoms with Crippen LogP contribution in [0.1, 0.15) is 90.4 Å². The molecule has 1 rings (SSSR count). The second-order valence-electron chi connectivity index (χ2n) is 7.12. The lowest BCUT2D eigenvalue weighted by molar-refractivity contribution is -0.123. The van der Waals surface area contributed by atoms with Gasteiger partial charge in [0.25, 0.3) is 5.91 Å². The number of para-hydroxylation sites is 1. The average Bonchev–Trinajstić information content (AvgIpc) is 2.67. The molecule has 0 N–H and O–H groups in total. The number of nitrogens with zero attached hydrogens (tertiary/aromatic N) is 1. The highest BCUT2D eigenvalue weighted by atomic mass is 16.5. The smallest absolute Gasteiger partial charge is 0.279 e. The Labute approximate surface area is 160 Å². The minimum atomic E-state index is -0.159. The van der Waals surface area contributed by atoms with Crippen LogP contribution < -0.4 is 10.1 Å². The van der Waals surface area contributed by atoms with E-state index in [0.717, 1.165) is 12.2 Å². The Morgan fingerprint density at radius 2 is 1.27 bits per heavy atom. The second kappa shape index (κ2) is 16.9. The minimum absolute atomic E-state index is 0.0441. The molecule has 0 fully saturated rings. The SMILES string of the molecule is CCCCCCCCCCCCCCC[N]C(=O)COc1ccccc1. The third-order valence-corrected chi connectivity index (χ3v) is 4.66. The zero-order valence-corrected chi connectivity index (χ0v) is 16.8. The number of hydrogen-bond donors (Lipinski definition) is 0. The number of benzene rings is 1. The first kappa shape index (κ1) is 22.5. The lowest BCUT2D eigenvalue weighted by Gasteiger charge is -2.05. The van der Waals surface area contributed by atoms with E-state index < -0.39 is 0 Å². The zero-order valence-electron chi connectivity index (χ0n) is 16.8. The van der Waals surface area contributed by atoms with Gasteiger partial charge in [0.1, 0.15) is 5.75 Å². The van der Waals surface area contributed by atoms with Gasteiger partial charge in [0, 0.05) is 6.54 Å². The predicted octanol–water partition coefficient (Wildman–Crippen LogP) is 6.29. The molecular weight excluding hydrogens is 322 g/mol. The van der Waals surface area contributed by atoms with Gasteiger partial charge in [-0.05, 0) is 18.6 Å². The van der Waals surface area contributed by atoms with Crippen molar-refractivity contribution in [1.82, 2.24) is 5.32 Å². The van der Waals surface area contributed by atoms with Crippen molar-refractivity contribution in [2.24, 2.45) is 0 Å². The molecule has 1 radical (unpaired) electrons. The normalized spacial score (nSPS) is 10.7. The summed E-state index contributed by atoms with van der Waals surface area (Å²) < 4.78 is 5.39. The van der Waals surface area contributed by atoms with Gasteiger partial charge in [-0.3, -0.25) is 4.79 Å². The summed E-state index contributed by atoms with van der Waals surface area (Å²) in [5, 5.41) is 4.06. The summed E-state index contributed by atoms with van der Waals surface area (Å²) in [6, 6.07) is 9.41. The molecule has 0 unspecified atom stereocenters. The number of carbonyl (C=O) groups excluding carboxylic acids is 1. The summed E-state index contributed by atoms with van der Waals surface area (Å²) in [5.41, 5.74) is 0. The van der Waals surface area contributed by atoms with Crippen LogP contribution in [0.25, 0.3) is 0 Å². The number of hydrogen-bond acceptors (Lipinski definition) is 2. The maximum absolute atomic E-state index is 11.6. The Morgan fingerprint density at radius 3 is 1.81 bits per heavy atom. The topological polar surface area (TPSA) is 40.4 Å². The molecule has 1 amide bonds. The van der Waals surface area contributed by atoms with Crippen LogP contribution in [0.3, 0.4) is 0 Å². The fourth-order valence-electron chi connectivity index (χ4n) is 3.04. The Bertz CT molecular complexity index is 433. The minimum Gasteiger partial charge on any atom is -0.484 e. The van der Waals surface area contributed by atoms with Crippen molar-refractivity contribution >= 4 is 5.91 Å². The summed E-state index contributed by atoms with van der Waals surface area (Å²) >= 11 is 0. The number of unbranched alkanes of at least 4 members (excludes halogenated alkanes) is 12. The van der Waals surface area contributed by atoms with E-state index in [-0.39, 0.29) is 12.5 Å². The van der Waals surface area contributed by atoms with E-state index in [2.05, 4.69) is 12.2 Å². The fraction of sp³-hybridized carbons (Fsp3) is 0.696. The van der Waals surface area contributed by atoms with Crippen LogP contribution in [0, 0.1) is 0 Å². The molecule has 0 aliphatic carbocycles. The monoisotopic (exact) mass is 360 g/mol. The highest BCUT2D eigenvalue weighted by Gasteiger charge is 2.03. The summed E-state index contributed by atoms with van der Waals surface area (Å²) in [4.78, 5) is 11.6. The summed E-state index contributed by atoms with van der Waals surface area (Å²) in [6.07, 6.45) is 17.3. The van der Waals surface area contributed by atoms with Crippen molar-refractivity contribution in [3.63, 3.8) is 0 Å². The molecule has 3 nitrogen and oxygen atoms in total. The van der Waals surface area contributed by atoms with Gasteiger partial charge in [0.2, 0.25) is 0 Å².